The van der Waals surface area contributed by atoms with E-state index in [0.717, 1.165) is 57.8 Å². The van der Waals surface area contributed by atoms with E-state index < -0.39 is 14.8 Å². The van der Waals surface area contributed by atoms with Crippen molar-refractivity contribution in [1.29, 1.82) is 0 Å². The molecule has 4 aliphatic rings. The molecule has 9 heteroatoms. The molecule has 6 nitrogen and oxygen atoms in total. The van der Waals surface area contributed by atoms with Crippen LogP contribution in [0.4, 0.5) is 0 Å². The molecule has 0 radical (unpaired) electrons. The molecule has 0 amide bonds. The first kappa shape index (κ1) is 27.4. The average Bonchev–Trinajstić information content (AvgIpc) is 3.04. The summed E-state index contributed by atoms with van der Waals surface area (Å²) in [5.41, 5.74) is -0.543. The van der Waals surface area contributed by atoms with Gasteiger partial charge >= 0.3 is 29.6 Å². The zero-order valence-corrected chi connectivity index (χ0v) is 23.6. The van der Waals surface area contributed by atoms with Crippen molar-refractivity contribution in [1.82, 2.24) is 0 Å². The number of ether oxygens (including phenoxy) is 1. The monoisotopic (exact) mass is 496 g/mol. The second-order valence-corrected chi connectivity index (χ2v) is 14.6. The van der Waals surface area contributed by atoms with Crippen LogP contribution < -0.4 is 29.6 Å². The molecule has 0 aromatic carbocycles. The van der Waals surface area contributed by atoms with Gasteiger partial charge in [0, 0.05) is 13.0 Å². The summed E-state index contributed by atoms with van der Waals surface area (Å²) in [6, 6.07) is 0. The van der Waals surface area contributed by atoms with E-state index in [2.05, 4.69) is 13.8 Å². The Hall–Kier alpha value is 0.850. The van der Waals surface area contributed by atoms with Crippen LogP contribution >= 0.6 is 10.8 Å². The van der Waals surface area contributed by atoms with E-state index in [0.29, 0.717) is 30.3 Å². The number of ketones is 1. The maximum atomic E-state index is 12.9. The summed E-state index contributed by atoms with van der Waals surface area (Å²) in [6.45, 7) is 5.10. The van der Waals surface area contributed by atoms with Crippen LogP contribution in [0, 0.1) is 40.4 Å². The number of hydrogen-bond donors (Lipinski definition) is 1. The molecule has 32 heavy (non-hydrogen) atoms. The molecule has 4 fully saturated rings. The van der Waals surface area contributed by atoms with E-state index in [9.17, 15) is 22.9 Å². The molecule has 0 aliphatic heterocycles. The Morgan fingerprint density at radius 1 is 1.06 bits per heavy atom. The van der Waals surface area contributed by atoms with Gasteiger partial charge in [0.2, 0.25) is 0 Å². The van der Waals surface area contributed by atoms with Gasteiger partial charge in [-0.2, -0.15) is 0 Å². The van der Waals surface area contributed by atoms with Crippen LogP contribution in [0.2, 0.25) is 0 Å². The fourth-order valence-corrected chi connectivity index (χ4v) is 9.73. The first-order valence-corrected chi connectivity index (χ1v) is 14.7. The quantitative estimate of drug-likeness (QED) is 0.329. The minimum atomic E-state index is -4.44. The predicted octanol–water partition coefficient (Wildman–Crippen LogP) is 0.789. The molecule has 0 spiro atoms. The molecule has 4 rings (SSSR count). The zero-order valence-electron chi connectivity index (χ0n) is 20.0. The van der Waals surface area contributed by atoms with Gasteiger partial charge in [0.15, 0.2) is 0 Å². The second-order valence-electron chi connectivity index (χ2n) is 11.3. The largest absolute Gasteiger partial charge is 1.00 e. The third kappa shape index (κ3) is 4.91. The molecule has 3 unspecified atom stereocenters. The van der Waals surface area contributed by atoms with Crippen molar-refractivity contribution in [2.75, 3.05) is 19.5 Å². The Balaban J connectivity index is 0.00000289. The maximum Gasteiger partial charge on any atom is 1.00 e. The third-order valence-electron chi connectivity index (χ3n) is 9.97. The van der Waals surface area contributed by atoms with E-state index in [1.165, 1.54) is 0 Å². The summed E-state index contributed by atoms with van der Waals surface area (Å²) in [5.74, 6) is 1.83. The van der Waals surface area contributed by atoms with Gasteiger partial charge < -0.3 is 14.4 Å². The minimum Gasteiger partial charge on any atom is -0.739 e. The molecule has 0 heterocycles. The zero-order chi connectivity index (χ0) is 22.7. The van der Waals surface area contributed by atoms with Gasteiger partial charge in [0.25, 0.3) is 0 Å². The molecule has 0 bridgehead atoms. The topological polar surface area (TPSA) is 104 Å². The Labute approximate surface area is 218 Å². The molecule has 8 atom stereocenters. The van der Waals surface area contributed by atoms with Gasteiger partial charge in [-0.15, -0.1) is 0 Å². The van der Waals surface area contributed by atoms with Crippen LogP contribution in [0.15, 0.2) is 0 Å². The van der Waals surface area contributed by atoms with Gasteiger partial charge in [-0.25, -0.2) is 8.42 Å². The smallest absolute Gasteiger partial charge is 0.739 e. The molecular formula is C23H37NaO6S2. The van der Waals surface area contributed by atoms with Crippen molar-refractivity contribution in [2.45, 2.75) is 77.2 Å². The molecule has 4 aliphatic carbocycles. The van der Waals surface area contributed by atoms with Crippen LogP contribution in [-0.4, -0.2) is 48.9 Å². The van der Waals surface area contributed by atoms with Crippen molar-refractivity contribution in [3.8, 4) is 0 Å². The van der Waals surface area contributed by atoms with Crippen LogP contribution in [0.1, 0.15) is 71.6 Å². The van der Waals surface area contributed by atoms with Gasteiger partial charge in [-0.05, 0) is 103 Å². The van der Waals surface area contributed by atoms with Crippen LogP contribution in [0.3, 0.4) is 0 Å². The Morgan fingerprint density at radius 3 is 2.41 bits per heavy atom. The fraction of sp³-hybridized carbons (Fsp3) is 0.957. The first-order chi connectivity index (χ1) is 14.4. The van der Waals surface area contributed by atoms with Gasteiger partial charge in [-0.1, -0.05) is 13.8 Å². The molecule has 0 aromatic rings. The average molecular weight is 497 g/mol. The van der Waals surface area contributed by atoms with Gasteiger partial charge in [-0.3, -0.25) is 4.79 Å². The van der Waals surface area contributed by atoms with E-state index in [4.69, 9.17) is 4.74 Å². The van der Waals surface area contributed by atoms with Crippen LogP contribution in [0.25, 0.3) is 0 Å². The molecular weight excluding hydrogens is 459 g/mol. The second kappa shape index (κ2) is 9.72. The number of Topliss-reactive ketones (excluding diaryl/α,β-unsaturated/α-hetero) is 1. The molecule has 1 N–H and O–H groups in total. The van der Waals surface area contributed by atoms with Gasteiger partial charge in [0.05, 0.1) is 18.0 Å². The summed E-state index contributed by atoms with van der Waals surface area (Å²) in [7, 11) is -2.53. The van der Waals surface area contributed by atoms with Crippen molar-refractivity contribution < 1.29 is 57.2 Å². The molecule has 0 aromatic heterocycles. The summed E-state index contributed by atoms with van der Waals surface area (Å²) in [5, 5.41) is 11.0. The Morgan fingerprint density at radius 2 is 1.75 bits per heavy atom. The summed E-state index contributed by atoms with van der Waals surface area (Å²) in [6.07, 6.45) is 8.86. The van der Waals surface area contributed by atoms with Crippen LogP contribution in [-0.2, 0) is 18.7 Å². The van der Waals surface area contributed by atoms with E-state index in [1.54, 1.807) is 7.11 Å². The number of carbonyl (C=O) groups is 1. The number of fused-ring (bicyclic) bond motifs is 5. The SMILES string of the molecule is COC[C@@]1(O)CC[C@]2(C)C3CC[C@@]4(C)C(CC[C@@H]4C(=O)CSS(=O)(=O)[O-])C3CC[C@@H]2C1.[Na+]. The molecule has 4 saturated carbocycles. The number of aliphatic hydroxyl groups is 1. The maximum absolute atomic E-state index is 12.9. The number of methoxy groups -OCH3 is 1. The molecule has 0 saturated heterocycles. The van der Waals surface area contributed by atoms with Gasteiger partial charge in [0.1, 0.15) is 14.9 Å². The third-order valence-corrected chi connectivity index (χ3v) is 11.9. The normalized spacial score (nSPS) is 45.8. The number of rotatable bonds is 6. The van der Waals surface area contributed by atoms with E-state index >= 15 is 0 Å². The van der Waals surface area contributed by atoms with Crippen molar-refractivity contribution in [3.63, 3.8) is 0 Å². The van der Waals surface area contributed by atoms with E-state index in [1.807, 2.05) is 0 Å². The van der Waals surface area contributed by atoms with Crippen molar-refractivity contribution in [2.24, 2.45) is 40.4 Å². The Kier molecular flexibility index (Phi) is 8.33. The molecule has 178 valence electrons. The number of carbonyl (C=O) groups excluding carboxylic acids is 1. The fourth-order valence-electron chi connectivity index (χ4n) is 8.48. The number of hydrogen-bond acceptors (Lipinski definition) is 7. The standard InChI is InChI=1S/C23H38O6S2.Na/c1-21-10-11-23(25,14-29-3)12-15(21)4-5-16-17-6-7-19(20(24)13-30-31(26,27)28)22(17,2)9-8-18(16)21;/h15-19,25H,4-14H2,1-3H3,(H,26,27,28);/q;+1/p-1/t15-,16?,17?,18?,19-,21+,22+,23-;/m1./s1. The predicted molar refractivity (Wildman–Crippen MR) is 119 cm³/mol. The summed E-state index contributed by atoms with van der Waals surface area (Å²) >= 11 is 0. The first-order valence-electron chi connectivity index (χ1n) is 11.8. The van der Waals surface area contributed by atoms with Crippen molar-refractivity contribution >= 4 is 25.7 Å². The van der Waals surface area contributed by atoms with Crippen molar-refractivity contribution in [3.05, 3.63) is 0 Å². The summed E-state index contributed by atoms with van der Waals surface area (Å²) in [4.78, 5) is 12.9. The Bertz CT molecular complexity index is 821. The van der Waals surface area contributed by atoms with Crippen LogP contribution in [0.5, 0.6) is 0 Å². The minimum absolute atomic E-state index is 0. The van der Waals surface area contributed by atoms with E-state index in [-0.39, 0.29) is 68.6 Å². The summed E-state index contributed by atoms with van der Waals surface area (Å²) < 4.78 is 38.3.